The van der Waals surface area contributed by atoms with Gasteiger partial charge in [-0.1, -0.05) is 6.08 Å². The highest BCUT2D eigenvalue weighted by Gasteiger charge is 2.37. The third-order valence-electron chi connectivity index (χ3n) is 3.48. The topological polar surface area (TPSA) is 97.4 Å². The Hall–Kier alpha value is -1.67. The molecule has 0 unspecified atom stereocenters. The second-order valence-electron chi connectivity index (χ2n) is 5.09. The lowest BCUT2D eigenvalue weighted by Crippen LogP contribution is -2.24. The molecule has 1 atom stereocenters. The monoisotopic (exact) mass is 343 g/mol. The van der Waals surface area contributed by atoms with Crippen LogP contribution in [0.2, 0.25) is 0 Å². The Kier molecular flexibility index (Phi) is 4.72. The molecule has 0 radical (unpaired) electrons. The number of sulfone groups is 2. The average molecular weight is 343 g/mol. The Bertz CT molecular complexity index is 779. The quantitative estimate of drug-likeness (QED) is 0.788. The zero-order valence-electron chi connectivity index (χ0n) is 11.9. The van der Waals surface area contributed by atoms with Crippen LogP contribution >= 0.6 is 0 Å². The van der Waals surface area contributed by atoms with Crippen molar-refractivity contribution in [3.05, 3.63) is 42.5 Å². The molecule has 1 heterocycles. The van der Waals surface area contributed by atoms with Gasteiger partial charge in [0, 0.05) is 12.1 Å². The maximum atomic E-state index is 12.4. The number of carbonyl (C=O) groups is 1. The summed E-state index contributed by atoms with van der Waals surface area (Å²) in [5.74, 6) is -0.761. The summed E-state index contributed by atoms with van der Waals surface area (Å²) in [6.07, 6.45) is 1.66. The second kappa shape index (κ2) is 6.21. The zero-order valence-corrected chi connectivity index (χ0v) is 13.5. The van der Waals surface area contributed by atoms with Crippen LogP contribution < -0.4 is 5.32 Å². The van der Waals surface area contributed by atoms with Crippen molar-refractivity contribution in [3.8, 4) is 0 Å². The van der Waals surface area contributed by atoms with Gasteiger partial charge < -0.3 is 5.32 Å². The number of rotatable bonds is 5. The molecule has 6 nitrogen and oxygen atoms in total. The fourth-order valence-electron chi connectivity index (χ4n) is 2.26. The van der Waals surface area contributed by atoms with Crippen molar-refractivity contribution in [2.45, 2.75) is 16.6 Å². The highest BCUT2D eigenvalue weighted by atomic mass is 32.2. The molecular formula is C14H17NO5S2. The number of nitrogens with one attached hydrogen (secondary N) is 1. The lowest BCUT2D eigenvalue weighted by atomic mass is 10.2. The van der Waals surface area contributed by atoms with Gasteiger partial charge in [0.2, 0.25) is 0 Å². The van der Waals surface area contributed by atoms with Crippen molar-refractivity contribution in [1.82, 2.24) is 5.32 Å². The molecule has 8 heteroatoms. The van der Waals surface area contributed by atoms with Crippen molar-refractivity contribution in [2.24, 2.45) is 0 Å². The van der Waals surface area contributed by atoms with E-state index in [2.05, 4.69) is 11.9 Å². The largest absolute Gasteiger partial charge is 0.349 e. The van der Waals surface area contributed by atoms with Crippen molar-refractivity contribution < 1.29 is 21.6 Å². The van der Waals surface area contributed by atoms with E-state index in [1.807, 2.05) is 0 Å². The zero-order chi connectivity index (χ0) is 16.4. The first kappa shape index (κ1) is 16.7. The highest BCUT2D eigenvalue weighted by Crippen LogP contribution is 2.25. The summed E-state index contributed by atoms with van der Waals surface area (Å²) in [6, 6.07) is 5.50. The Balaban J connectivity index is 2.19. The minimum absolute atomic E-state index is 0.0369. The van der Waals surface area contributed by atoms with Gasteiger partial charge in [-0.15, -0.1) is 6.58 Å². The molecule has 120 valence electrons. The first-order chi connectivity index (χ1) is 10.3. The van der Waals surface area contributed by atoms with Crippen molar-refractivity contribution >= 4 is 25.6 Å². The van der Waals surface area contributed by atoms with Crippen LogP contribution in [0.25, 0.3) is 0 Å². The maximum absolute atomic E-state index is 12.4. The highest BCUT2D eigenvalue weighted by molar-refractivity contribution is 7.96. The van der Waals surface area contributed by atoms with Crippen LogP contribution in [-0.2, 0) is 19.7 Å². The van der Waals surface area contributed by atoms with Crippen molar-refractivity contribution in [1.29, 1.82) is 0 Å². The lowest BCUT2D eigenvalue weighted by molar-refractivity contribution is 0.0958. The summed E-state index contributed by atoms with van der Waals surface area (Å²) in [7, 11) is -6.97. The minimum atomic E-state index is -3.70. The molecule has 0 saturated carbocycles. The molecule has 0 aliphatic carbocycles. The molecule has 1 aliphatic heterocycles. The van der Waals surface area contributed by atoms with Gasteiger partial charge in [-0.2, -0.15) is 0 Å². The van der Waals surface area contributed by atoms with Crippen molar-refractivity contribution in [2.75, 3.05) is 18.1 Å². The van der Waals surface area contributed by atoms with Crippen LogP contribution in [0.4, 0.5) is 0 Å². The van der Waals surface area contributed by atoms with Crippen LogP contribution in [0.15, 0.2) is 41.8 Å². The van der Waals surface area contributed by atoms with E-state index in [4.69, 9.17) is 0 Å². The summed E-state index contributed by atoms with van der Waals surface area (Å²) in [5, 5.41) is 1.68. The van der Waals surface area contributed by atoms with E-state index in [0.717, 1.165) is 0 Å². The summed E-state index contributed by atoms with van der Waals surface area (Å²) >= 11 is 0. The third kappa shape index (κ3) is 3.56. The van der Waals surface area contributed by atoms with Gasteiger partial charge in [-0.3, -0.25) is 4.79 Å². The molecule has 1 fully saturated rings. The van der Waals surface area contributed by atoms with Gasteiger partial charge in [-0.25, -0.2) is 16.8 Å². The number of benzene rings is 1. The summed E-state index contributed by atoms with van der Waals surface area (Å²) in [4.78, 5) is 11.8. The molecule has 1 aromatic carbocycles. The average Bonchev–Trinajstić information content (AvgIpc) is 2.86. The summed E-state index contributed by atoms with van der Waals surface area (Å²) in [5.41, 5.74) is 0.333. The van der Waals surface area contributed by atoms with E-state index in [-0.39, 0.29) is 28.7 Å². The molecule has 0 bridgehead atoms. The fraction of sp³-hybridized carbons (Fsp3) is 0.357. The third-order valence-corrected chi connectivity index (χ3v) is 7.67. The van der Waals surface area contributed by atoms with Gasteiger partial charge in [0.05, 0.1) is 21.7 Å². The van der Waals surface area contributed by atoms with E-state index in [9.17, 15) is 21.6 Å². The SMILES string of the molecule is C=CCNC(=O)c1ccc(S(=O)(=O)[C@@H]2CCS(=O)(=O)C2)cc1. The molecule has 22 heavy (non-hydrogen) atoms. The van der Waals surface area contributed by atoms with Crippen LogP contribution in [-0.4, -0.2) is 46.0 Å². The molecule has 0 aromatic heterocycles. The number of carbonyl (C=O) groups excluding carboxylic acids is 1. The standard InChI is InChI=1S/C14H17NO5S2/c1-2-8-15-14(16)11-3-5-12(6-4-11)22(19,20)13-7-9-21(17,18)10-13/h2-6,13H,1,7-10H2,(H,15,16)/t13-/m1/s1. The lowest BCUT2D eigenvalue weighted by Gasteiger charge is -2.10. The van der Waals surface area contributed by atoms with Gasteiger partial charge in [-0.05, 0) is 30.7 Å². The molecule has 0 spiro atoms. The normalized spacial score (nSPS) is 20.5. The molecular weight excluding hydrogens is 326 g/mol. The summed E-state index contributed by atoms with van der Waals surface area (Å²) in [6.45, 7) is 3.80. The second-order valence-corrected chi connectivity index (χ2v) is 9.55. The number of hydrogen-bond donors (Lipinski definition) is 1. The Labute approximate surface area is 130 Å². The van der Waals surface area contributed by atoms with Crippen LogP contribution in [0.5, 0.6) is 0 Å². The van der Waals surface area contributed by atoms with Crippen LogP contribution in [0.1, 0.15) is 16.8 Å². The molecule has 1 amide bonds. The first-order valence-corrected chi connectivity index (χ1v) is 10.1. The van der Waals surface area contributed by atoms with E-state index in [0.29, 0.717) is 12.1 Å². The van der Waals surface area contributed by atoms with E-state index in [1.54, 1.807) is 0 Å². The van der Waals surface area contributed by atoms with Gasteiger partial charge >= 0.3 is 0 Å². The molecule has 1 aromatic rings. The molecule has 1 aliphatic rings. The van der Waals surface area contributed by atoms with Crippen LogP contribution in [0, 0.1) is 0 Å². The van der Waals surface area contributed by atoms with E-state index < -0.39 is 24.9 Å². The molecule has 1 N–H and O–H groups in total. The number of hydrogen-bond acceptors (Lipinski definition) is 5. The fourth-order valence-corrected chi connectivity index (χ4v) is 6.62. The van der Waals surface area contributed by atoms with Crippen molar-refractivity contribution in [3.63, 3.8) is 0 Å². The van der Waals surface area contributed by atoms with Gasteiger partial charge in [0.1, 0.15) is 0 Å². The van der Waals surface area contributed by atoms with E-state index in [1.165, 1.54) is 30.3 Å². The molecule has 1 saturated heterocycles. The van der Waals surface area contributed by atoms with Gasteiger partial charge in [0.15, 0.2) is 19.7 Å². The predicted molar refractivity (Wildman–Crippen MR) is 83.2 cm³/mol. The Morgan fingerprint density at radius 3 is 2.45 bits per heavy atom. The Morgan fingerprint density at radius 2 is 1.95 bits per heavy atom. The number of amides is 1. The minimum Gasteiger partial charge on any atom is -0.349 e. The van der Waals surface area contributed by atoms with E-state index >= 15 is 0 Å². The first-order valence-electron chi connectivity index (χ1n) is 6.70. The van der Waals surface area contributed by atoms with Gasteiger partial charge in [0.25, 0.3) is 5.91 Å². The predicted octanol–water partition coefficient (Wildman–Crippen LogP) is 0.563. The Morgan fingerprint density at radius 1 is 1.32 bits per heavy atom. The van der Waals surface area contributed by atoms with Crippen LogP contribution in [0.3, 0.4) is 0 Å². The smallest absolute Gasteiger partial charge is 0.251 e. The summed E-state index contributed by atoms with van der Waals surface area (Å²) < 4.78 is 47.7. The maximum Gasteiger partial charge on any atom is 0.251 e. The molecule has 2 rings (SSSR count).